The van der Waals surface area contributed by atoms with Gasteiger partial charge < -0.3 is 5.32 Å². The van der Waals surface area contributed by atoms with E-state index in [1.165, 1.54) is 25.3 Å². The fourth-order valence-corrected chi connectivity index (χ4v) is 4.10. The van der Waals surface area contributed by atoms with E-state index in [1.54, 1.807) is 23.5 Å². The summed E-state index contributed by atoms with van der Waals surface area (Å²) >= 11 is 1.55. The number of rotatable bonds is 3. The molecule has 1 aliphatic rings. The molecule has 0 amide bonds. The van der Waals surface area contributed by atoms with Gasteiger partial charge in [-0.1, -0.05) is 31.6 Å². The van der Waals surface area contributed by atoms with Crippen molar-refractivity contribution in [2.45, 2.75) is 39.2 Å². The summed E-state index contributed by atoms with van der Waals surface area (Å²) in [5.41, 5.74) is 0.881. The van der Waals surface area contributed by atoms with Crippen molar-refractivity contribution in [3.05, 3.63) is 24.0 Å². The third kappa shape index (κ3) is 2.46. The van der Waals surface area contributed by atoms with Crippen LogP contribution in [0.3, 0.4) is 0 Å². The number of thiazole rings is 1. The summed E-state index contributed by atoms with van der Waals surface area (Å²) in [5.74, 6) is 1.32. The van der Waals surface area contributed by atoms with Crippen LogP contribution in [0.15, 0.2) is 18.2 Å². The molecule has 0 spiro atoms. The largest absolute Gasteiger partial charge is 0.358 e. The van der Waals surface area contributed by atoms with Gasteiger partial charge in [0.05, 0.1) is 10.2 Å². The molecule has 1 aromatic carbocycles. The number of hydrogen-bond acceptors (Lipinski definition) is 3. The summed E-state index contributed by atoms with van der Waals surface area (Å²) in [4.78, 5) is 4.54. The van der Waals surface area contributed by atoms with E-state index in [-0.39, 0.29) is 5.82 Å². The Hall–Kier alpha value is -1.16. The second-order valence-electron chi connectivity index (χ2n) is 5.49. The van der Waals surface area contributed by atoms with Crippen molar-refractivity contribution < 1.29 is 4.39 Å². The van der Waals surface area contributed by atoms with Gasteiger partial charge >= 0.3 is 0 Å². The normalized spacial score (nSPS) is 27.0. The number of nitrogens with one attached hydrogen (secondary N) is 1. The van der Waals surface area contributed by atoms with Crippen LogP contribution in [0.4, 0.5) is 9.52 Å². The first kappa shape index (κ1) is 12.9. The van der Waals surface area contributed by atoms with E-state index in [0.717, 1.165) is 21.3 Å². The molecule has 3 atom stereocenters. The summed E-state index contributed by atoms with van der Waals surface area (Å²) in [6.45, 7) is 4.59. The molecule has 0 bridgehead atoms. The Morgan fingerprint density at radius 1 is 1.42 bits per heavy atom. The zero-order valence-electron chi connectivity index (χ0n) is 11.3. The summed E-state index contributed by atoms with van der Waals surface area (Å²) in [6, 6.07) is 5.29. The minimum Gasteiger partial charge on any atom is -0.358 e. The quantitative estimate of drug-likeness (QED) is 0.882. The van der Waals surface area contributed by atoms with Crippen LogP contribution < -0.4 is 5.32 Å². The predicted molar refractivity (Wildman–Crippen MR) is 79.2 cm³/mol. The van der Waals surface area contributed by atoms with Crippen molar-refractivity contribution in [2.24, 2.45) is 11.8 Å². The summed E-state index contributed by atoms with van der Waals surface area (Å²) in [6.07, 6.45) is 3.77. The fourth-order valence-electron chi connectivity index (χ4n) is 3.15. The first-order valence-electron chi connectivity index (χ1n) is 7.00. The molecule has 3 rings (SSSR count). The number of halogens is 1. The van der Waals surface area contributed by atoms with Gasteiger partial charge in [-0.3, -0.25) is 0 Å². The summed E-state index contributed by atoms with van der Waals surface area (Å²) in [7, 11) is 0. The van der Waals surface area contributed by atoms with E-state index in [2.05, 4.69) is 24.1 Å². The van der Waals surface area contributed by atoms with Crippen molar-refractivity contribution in [2.75, 3.05) is 5.32 Å². The fraction of sp³-hybridized carbons (Fsp3) is 0.533. The Bertz CT molecular complexity index is 581. The first-order valence-corrected chi connectivity index (χ1v) is 7.81. The topological polar surface area (TPSA) is 24.9 Å². The average molecular weight is 278 g/mol. The summed E-state index contributed by atoms with van der Waals surface area (Å²) in [5, 5.41) is 4.47. The van der Waals surface area contributed by atoms with E-state index < -0.39 is 0 Å². The number of anilines is 1. The number of nitrogens with zero attached hydrogens (tertiary/aromatic N) is 1. The van der Waals surface area contributed by atoms with Crippen LogP contribution >= 0.6 is 11.3 Å². The maximum absolute atomic E-state index is 13.2. The lowest BCUT2D eigenvalue weighted by Gasteiger charge is -2.20. The van der Waals surface area contributed by atoms with E-state index in [4.69, 9.17) is 0 Å². The first-order chi connectivity index (χ1) is 9.17. The molecule has 1 fully saturated rings. The average Bonchev–Trinajstić information content (AvgIpc) is 2.93. The summed E-state index contributed by atoms with van der Waals surface area (Å²) < 4.78 is 14.1. The van der Waals surface area contributed by atoms with Crippen molar-refractivity contribution in [3.63, 3.8) is 0 Å². The van der Waals surface area contributed by atoms with Crippen molar-refractivity contribution in [3.8, 4) is 0 Å². The van der Waals surface area contributed by atoms with Crippen LogP contribution in [0, 0.1) is 17.7 Å². The number of benzene rings is 1. The lowest BCUT2D eigenvalue weighted by atomic mass is 9.94. The van der Waals surface area contributed by atoms with Gasteiger partial charge in [0.2, 0.25) is 0 Å². The smallest absolute Gasteiger partial charge is 0.184 e. The molecule has 19 heavy (non-hydrogen) atoms. The molecular weight excluding hydrogens is 259 g/mol. The van der Waals surface area contributed by atoms with E-state index in [9.17, 15) is 4.39 Å². The molecule has 102 valence electrons. The third-order valence-corrected chi connectivity index (χ3v) is 5.36. The van der Waals surface area contributed by atoms with Crippen LogP contribution in [-0.2, 0) is 0 Å². The molecule has 2 nitrogen and oxygen atoms in total. The SMILES string of the molecule is CCC1CCC(Nc2nc3ccc(F)cc3s2)C1C. The van der Waals surface area contributed by atoms with Crippen LogP contribution in [-0.4, -0.2) is 11.0 Å². The zero-order chi connectivity index (χ0) is 13.4. The highest BCUT2D eigenvalue weighted by molar-refractivity contribution is 7.22. The minimum absolute atomic E-state index is 0.192. The van der Waals surface area contributed by atoms with Gasteiger partial charge in [0.15, 0.2) is 5.13 Å². The number of fused-ring (bicyclic) bond motifs is 1. The Kier molecular flexibility index (Phi) is 3.44. The Morgan fingerprint density at radius 2 is 2.26 bits per heavy atom. The standard InChI is InChI=1S/C15H19FN2S/c1-3-10-4-6-12(9(10)2)17-15-18-13-7-5-11(16)8-14(13)19-15/h5,7-10,12H,3-4,6H2,1-2H3,(H,17,18). The van der Waals surface area contributed by atoms with E-state index in [1.807, 2.05) is 0 Å². The van der Waals surface area contributed by atoms with Crippen molar-refractivity contribution in [1.82, 2.24) is 4.98 Å². The van der Waals surface area contributed by atoms with Gasteiger partial charge in [0.1, 0.15) is 5.82 Å². The van der Waals surface area contributed by atoms with Gasteiger partial charge in [0, 0.05) is 6.04 Å². The highest BCUT2D eigenvalue weighted by atomic mass is 32.1. The molecule has 2 aromatic rings. The molecule has 4 heteroatoms. The van der Waals surface area contributed by atoms with E-state index in [0.29, 0.717) is 12.0 Å². The molecule has 3 unspecified atom stereocenters. The molecule has 0 aliphatic heterocycles. The molecule has 1 aliphatic carbocycles. The van der Waals surface area contributed by atoms with Crippen LogP contribution in [0.5, 0.6) is 0 Å². The van der Waals surface area contributed by atoms with Gasteiger partial charge in [-0.2, -0.15) is 0 Å². The molecular formula is C15H19FN2S. The maximum atomic E-state index is 13.2. The lowest BCUT2D eigenvalue weighted by molar-refractivity contribution is 0.392. The molecule has 1 heterocycles. The maximum Gasteiger partial charge on any atom is 0.184 e. The van der Waals surface area contributed by atoms with Crippen LogP contribution in [0.25, 0.3) is 10.2 Å². The van der Waals surface area contributed by atoms with Gasteiger partial charge in [-0.25, -0.2) is 9.37 Å². The molecule has 1 aromatic heterocycles. The van der Waals surface area contributed by atoms with E-state index >= 15 is 0 Å². The minimum atomic E-state index is -0.192. The Morgan fingerprint density at radius 3 is 3.00 bits per heavy atom. The highest BCUT2D eigenvalue weighted by Gasteiger charge is 2.31. The zero-order valence-corrected chi connectivity index (χ0v) is 12.1. The third-order valence-electron chi connectivity index (χ3n) is 4.41. The highest BCUT2D eigenvalue weighted by Crippen LogP contribution is 2.37. The van der Waals surface area contributed by atoms with Crippen LogP contribution in [0.1, 0.15) is 33.1 Å². The lowest BCUT2D eigenvalue weighted by Crippen LogP contribution is -2.24. The van der Waals surface area contributed by atoms with Gasteiger partial charge in [-0.15, -0.1) is 0 Å². The van der Waals surface area contributed by atoms with Crippen LogP contribution in [0.2, 0.25) is 0 Å². The van der Waals surface area contributed by atoms with Crippen molar-refractivity contribution >= 4 is 26.7 Å². The number of hydrogen-bond donors (Lipinski definition) is 1. The van der Waals surface area contributed by atoms with Gasteiger partial charge in [0.25, 0.3) is 0 Å². The van der Waals surface area contributed by atoms with Crippen molar-refractivity contribution in [1.29, 1.82) is 0 Å². The number of aromatic nitrogens is 1. The monoisotopic (exact) mass is 278 g/mol. The Balaban J connectivity index is 1.78. The predicted octanol–water partition coefficient (Wildman–Crippen LogP) is 4.67. The Labute approximate surface area is 117 Å². The second-order valence-corrected chi connectivity index (χ2v) is 6.52. The molecule has 0 saturated heterocycles. The molecule has 0 radical (unpaired) electrons. The van der Waals surface area contributed by atoms with Gasteiger partial charge in [-0.05, 0) is 42.9 Å². The second kappa shape index (κ2) is 5.08. The molecule has 1 saturated carbocycles. The molecule has 1 N–H and O–H groups in total.